The van der Waals surface area contributed by atoms with Crippen LogP contribution in [0.15, 0.2) is 23.4 Å². The van der Waals surface area contributed by atoms with Crippen LogP contribution < -0.4 is 16.0 Å². The number of aromatic nitrogens is 1. The van der Waals surface area contributed by atoms with Gasteiger partial charge >= 0.3 is 0 Å². The minimum atomic E-state index is -3.58. The molecule has 0 unspecified atom stereocenters. The molecule has 0 fully saturated rings. The molecule has 1 heterocycles. The van der Waals surface area contributed by atoms with Gasteiger partial charge in [0.25, 0.3) is 10.0 Å². The first-order valence-electron chi connectivity index (χ1n) is 5.03. The summed E-state index contributed by atoms with van der Waals surface area (Å²) in [6.45, 7) is 2.39. The molecule has 1 aromatic rings. The molecule has 90 valence electrons. The Bertz CT molecular complexity index is 433. The Morgan fingerprint density at radius 3 is 2.88 bits per heavy atom. The predicted octanol–water partition coefficient (Wildman–Crippen LogP) is 0.446. The van der Waals surface area contributed by atoms with E-state index in [1.54, 1.807) is 12.1 Å². The van der Waals surface area contributed by atoms with Crippen molar-refractivity contribution in [2.45, 2.75) is 24.8 Å². The second-order valence-electron chi connectivity index (χ2n) is 3.25. The van der Waals surface area contributed by atoms with Gasteiger partial charge in [0.1, 0.15) is 0 Å². The average molecular weight is 244 g/mol. The van der Waals surface area contributed by atoms with Crippen LogP contribution in [0.2, 0.25) is 0 Å². The Morgan fingerprint density at radius 1 is 1.50 bits per heavy atom. The first kappa shape index (κ1) is 12.9. The minimum absolute atomic E-state index is 0.0754. The van der Waals surface area contributed by atoms with Crippen LogP contribution in [0.4, 0.5) is 5.69 Å². The van der Waals surface area contributed by atoms with E-state index in [-0.39, 0.29) is 10.7 Å². The fourth-order valence-corrected chi connectivity index (χ4v) is 2.33. The van der Waals surface area contributed by atoms with E-state index >= 15 is 0 Å². The second kappa shape index (κ2) is 5.78. The summed E-state index contributed by atoms with van der Waals surface area (Å²) in [6.07, 6.45) is 3.12. The van der Waals surface area contributed by atoms with Crippen molar-refractivity contribution >= 4 is 15.7 Å². The minimum Gasteiger partial charge on any atom is -0.321 e. The van der Waals surface area contributed by atoms with Crippen LogP contribution in [-0.2, 0) is 10.0 Å². The maximum atomic E-state index is 11.8. The number of hydrogen-bond donors (Lipinski definition) is 3. The van der Waals surface area contributed by atoms with Gasteiger partial charge in [0.05, 0.1) is 5.69 Å². The van der Waals surface area contributed by atoms with Gasteiger partial charge in [-0.25, -0.2) is 18.1 Å². The van der Waals surface area contributed by atoms with E-state index in [0.717, 1.165) is 12.8 Å². The molecule has 16 heavy (non-hydrogen) atoms. The highest BCUT2D eigenvalue weighted by Crippen LogP contribution is 2.16. The third-order valence-electron chi connectivity index (χ3n) is 2.00. The smallest absolute Gasteiger partial charge is 0.260 e. The number of nitrogens with zero attached hydrogens (tertiary/aromatic N) is 1. The molecule has 0 saturated carbocycles. The summed E-state index contributed by atoms with van der Waals surface area (Å²) < 4.78 is 26.1. The van der Waals surface area contributed by atoms with Crippen molar-refractivity contribution < 1.29 is 8.42 Å². The number of hydrazine groups is 1. The number of sulfonamides is 1. The Morgan fingerprint density at radius 2 is 2.25 bits per heavy atom. The Balaban J connectivity index is 2.89. The summed E-state index contributed by atoms with van der Waals surface area (Å²) in [5, 5.41) is -0.0754. The van der Waals surface area contributed by atoms with Crippen LogP contribution in [-0.4, -0.2) is 19.9 Å². The molecule has 7 heteroatoms. The maximum Gasteiger partial charge on any atom is 0.260 e. The molecular weight excluding hydrogens is 228 g/mol. The van der Waals surface area contributed by atoms with E-state index in [1.165, 1.54) is 6.20 Å². The lowest BCUT2D eigenvalue weighted by atomic mass is 10.3. The first-order valence-corrected chi connectivity index (χ1v) is 6.51. The van der Waals surface area contributed by atoms with Crippen molar-refractivity contribution in [1.82, 2.24) is 9.71 Å². The standard InChI is InChI=1S/C9H16N4O2S/c1-2-3-7-12-16(14,15)9-8(13-10)5-4-6-11-9/h4-6,12-13H,2-3,7,10H2,1H3. The zero-order valence-electron chi connectivity index (χ0n) is 9.10. The Kier molecular flexibility index (Phi) is 4.66. The van der Waals surface area contributed by atoms with E-state index in [0.29, 0.717) is 6.54 Å². The number of anilines is 1. The Hall–Kier alpha value is -1.18. The largest absolute Gasteiger partial charge is 0.321 e. The SMILES string of the molecule is CCCCNS(=O)(=O)c1ncccc1NN. The number of rotatable bonds is 6. The molecule has 0 aliphatic rings. The summed E-state index contributed by atoms with van der Waals surface area (Å²) in [5.74, 6) is 5.22. The van der Waals surface area contributed by atoms with Gasteiger partial charge in [0.2, 0.25) is 0 Å². The quantitative estimate of drug-likeness (QED) is 0.383. The molecule has 0 radical (unpaired) electrons. The van der Waals surface area contributed by atoms with Crippen molar-refractivity contribution in [3.05, 3.63) is 18.3 Å². The molecule has 0 aromatic carbocycles. The first-order chi connectivity index (χ1) is 7.61. The third kappa shape index (κ3) is 3.16. The molecule has 0 atom stereocenters. The molecule has 1 aromatic heterocycles. The van der Waals surface area contributed by atoms with Gasteiger partial charge in [-0.15, -0.1) is 0 Å². The van der Waals surface area contributed by atoms with Gasteiger partial charge < -0.3 is 5.43 Å². The van der Waals surface area contributed by atoms with Gasteiger partial charge in [0, 0.05) is 12.7 Å². The van der Waals surface area contributed by atoms with Crippen LogP contribution in [0, 0.1) is 0 Å². The van der Waals surface area contributed by atoms with Gasteiger partial charge in [-0.2, -0.15) is 0 Å². The van der Waals surface area contributed by atoms with Crippen LogP contribution in [0.1, 0.15) is 19.8 Å². The highest BCUT2D eigenvalue weighted by atomic mass is 32.2. The topological polar surface area (TPSA) is 97.1 Å². The lowest BCUT2D eigenvalue weighted by Gasteiger charge is -2.09. The zero-order valence-corrected chi connectivity index (χ0v) is 9.92. The van der Waals surface area contributed by atoms with Crippen LogP contribution in [0.5, 0.6) is 0 Å². The zero-order chi connectivity index (χ0) is 12.0. The van der Waals surface area contributed by atoms with E-state index < -0.39 is 10.0 Å². The molecule has 0 amide bonds. The fraction of sp³-hybridized carbons (Fsp3) is 0.444. The summed E-state index contributed by atoms with van der Waals surface area (Å²) in [6, 6.07) is 3.17. The maximum absolute atomic E-state index is 11.8. The fourth-order valence-electron chi connectivity index (χ4n) is 1.17. The van der Waals surface area contributed by atoms with E-state index in [1.807, 2.05) is 6.92 Å². The number of pyridine rings is 1. The summed E-state index contributed by atoms with van der Waals surface area (Å²) in [5.41, 5.74) is 2.59. The molecular formula is C9H16N4O2S. The van der Waals surface area contributed by atoms with E-state index in [9.17, 15) is 8.42 Å². The van der Waals surface area contributed by atoms with Crippen molar-refractivity contribution in [2.75, 3.05) is 12.0 Å². The van der Waals surface area contributed by atoms with E-state index in [2.05, 4.69) is 15.1 Å². The molecule has 0 spiro atoms. The summed E-state index contributed by atoms with van der Waals surface area (Å²) >= 11 is 0. The van der Waals surface area contributed by atoms with E-state index in [4.69, 9.17) is 5.84 Å². The molecule has 0 aliphatic carbocycles. The van der Waals surface area contributed by atoms with Crippen molar-refractivity contribution in [2.24, 2.45) is 5.84 Å². The Labute approximate surface area is 95.3 Å². The molecule has 0 saturated heterocycles. The number of nitrogen functional groups attached to an aromatic ring is 1. The van der Waals surface area contributed by atoms with Gasteiger partial charge in [-0.3, -0.25) is 5.84 Å². The molecule has 4 N–H and O–H groups in total. The normalized spacial score (nSPS) is 11.4. The summed E-state index contributed by atoms with van der Waals surface area (Å²) in [4.78, 5) is 3.81. The number of nitrogens with one attached hydrogen (secondary N) is 2. The molecule has 0 bridgehead atoms. The highest BCUT2D eigenvalue weighted by Gasteiger charge is 2.18. The number of unbranched alkanes of at least 4 members (excludes halogenated alkanes) is 1. The van der Waals surface area contributed by atoms with Crippen molar-refractivity contribution in [1.29, 1.82) is 0 Å². The molecule has 0 aliphatic heterocycles. The highest BCUT2D eigenvalue weighted by molar-refractivity contribution is 7.89. The second-order valence-corrected chi connectivity index (χ2v) is 4.93. The third-order valence-corrected chi connectivity index (χ3v) is 3.42. The number of hydrogen-bond acceptors (Lipinski definition) is 5. The average Bonchev–Trinajstić information content (AvgIpc) is 2.29. The van der Waals surface area contributed by atoms with Gasteiger partial charge in [-0.05, 0) is 18.6 Å². The van der Waals surface area contributed by atoms with Gasteiger partial charge in [-0.1, -0.05) is 13.3 Å². The van der Waals surface area contributed by atoms with Crippen molar-refractivity contribution in [3.8, 4) is 0 Å². The van der Waals surface area contributed by atoms with Crippen LogP contribution in [0.25, 0.3) is 0 Å². The van der Waals surface area contributed by atoms with Crippen LogP contribution in [0.3, 0.4) is 0 Å². The summed E-state index contributed by atoms with van der Waals surface area (Å²) in [7, 11) is -3.58. The molecule has 6 nitrogen and oxygen atoms in total. The van der Waals surface area contributed by atoms with Crippen LogP contribution >= 0.6 is 0 Å². The predicted molar refractivity (Wildman–Crippen MR) is 62.1 cm³/mol. The number of nitrogens with two attached hydrogens (primary N) is 1. The monoisotopic (exact) mass is 244 g/mol. The van der Waals surface area contributed by atoms with Crippen molar-refractivity contribution in [3.63, 3.8) is 0 Å². The van der Waals surface area contributed by atoms with Gasteiger partial charge in [0.15, 0.2) is 5.03 Å². The lowest BCUT2D eigenvalue weighted by Crippen LogP contribution is -2.27. The molecule has 1 rings (SSSR count). The lowest BCUT2D eigenvalue weighted by molar-refractivity contribution is 0.575.